The van der Waals surface area contributed by atoms with E-state index in [9.17, 15) is 18.3 Å². The normalized spacial score (nSPS) is 13.9. The minimum Gasteiger partial charge on any atom is -0.506 e. The molecule has 90 valence electrons. The van der Waals surface area contributed by atoms with Gasteiger partial charge in [0.2, 0.25) is 0 Å². The Bertz CT molecular complexity index is 401. The van der Waals surface area contributed by atoms with Gasteiger partial charge in [-0.3, -0.25) is 0 Å². The molecule has 0 unspecified atom stereocenters. The molecule has 0 fully saturated rings. The molecule has 0 aromatic heterocycles. The molecule has 0 amide bonds. The number of benzene rings is 1. The van der Waals surface area contributed by atoms with Gasteiger partial charge in [0.15, 0.2) is 0 Å². The van der Waals surface area contributed by atoms with Crippen molar-refractivity contribution in [1.29, 1.82) is 0 Å². The van der Waals surface area contributed by atoms with Crippen LogP contribution in [-0.2, 0) is 0 Å². The Morgan fingerprint density at radius 2 is 2.00 bits per heavy atom. The summed E-state index contributed by atoms with van der Waals surface area (Å²) in [6.07, 6.45) is 0. The van der Waals surface area contributed by atoms with Crippen LogP contribution in [0, 0.1) is 5.82 Å². The van der Waals surface area contributed by atoms with E-state index >= 15 is 0 Å². The Morgan fingerprint density at radius 1 is 1.44 bits per heavy atom. The molecule has 7 heteroatoms. The standard InChI is InChI=1S/C9H9BrF3NO2/c10-4-1-2-5(11)6(7(4)16)8(14)9(12,13)3-15/h1-2,8,15-16H,3,14H2/t8-/m1/s1. The maximum Gasteiger partial charge on any atom is 0.289 e. The van der Waals surface area contributed by atoms with Crippen molar-refractivity contribution in [1.82, 2.24) is 0 Å². The molecule has 0 aliphatic heterocycles. The quantitative estimate of drug-likeness (QED) is 0.799. The molecular weight excluding hydrogens is 291 g/mol. The second-order valence-electron chi connectivity index (χ2n) is 3.19. The molecule has 0 aliphatic rings. The number of hydrogen-bond acceptors (Lipinski definition) is 3. The minimum absolute atomic E-state index is 0.0492. The lowest BCUT2D eigenvalue weighted by molar-refractivity contribution is -0.0723. The third-order valence-electron chi connectivity index (χ3n) is 2.09. The largest absolute Gasteiger partial charge is 0.506 e. The number of hydrogen-bond donors (Lipinski definition) is 3. The smallest absolute Gasteiger partial charge is 0.289 e. The molecule has 0 saturated carbocycles. The minimum atomic E-state index is -3.71. The SMILES string of the molecule is N[C@H](c1c(F)ccc(Br)c1O)C(F)(F)CO. The van der Waals surface area contributed by atoms with Crippen molar-refractivity contribution in [3.05, 3.63) is 28.0 Å². The first-order valence-electron chi connectivity index (χ1n) is 4.22. The summed E-state index contributed by atoms with van der Waals surface area (Å²) in [6, 6.07) is -0.0558. The van der Waals surface area contributed by atoms with E-state index in [2.05, 4.69) is 15.9 Å². The Kier molecular flexibility index (Phi) is 3.82. The van der Waals surface area contributed by atoms with E-state index in [4.69, 9.17) is 10.8 Å². The molecule has 0 spiro atoms. The molecule has 16 heavy (non-hydrogen) atoms. The van der Waals surface area contributed by atoms with Crippen LogP contribution in [0.15, 0.2) is 16.6 Å². The summed E-state index contributed by atoms with van der Waals surface area (Å²) in [5.74, 6) is -5.46. The van der Waals surface area contributed by atoms with Gasteiger partial charge in [0, 0.05) is 0 Å². The topological polar surface area (TPSA) is 66.5 Å². The van der Waals surface area contributed by atoms with Crippen LogP contribution in [-0.4, -0.2) is 22.7 Å². The molecule has 4 N–H and O–H groups in total. The molecule has 3 nitrogen and oxygen atoms in total. The third kappa shape index (κ3) is 2.31. The summed E-state index contributed by atoms with van der Waals surface area (Å²) < 4.78 is 39.4. The van der Waals surface area contributed by atoms with Gasteiger partial charge in [-0.25, -0.2) is 13.2 Å². The van der Waals surface area contributed by atoms with Crippen LogP contribution in [0.25, 0.3) is 0 Å². The molecule has 0 saturated heterocycles. The average molecular weight is 300 g/mol. The van der Waals surface area contributed by atoms with Crippen LogP contribution in [0.3, 0.4) is 0 Å². The first-order chi connectivity index (χ1) is 7.31. The number of nitrogens with two attached hydrogens (primary N) is 1. The highest BCUT2D eigenvalue weighted by molar-refractivity contribution is 9.10. The van der Waals surface area contributed by atoms with Crippen molar-refractivity contribution >= 4 is 15.9 Å². The van der Waals surface area contributed by atoms with Gasteiger partial charge >= 0.3 is 0 Å². The first kappa shape index (κ1) is 13.3. The van der Waals surface area contributed by atoms with Crippen LogP contribution in [0.4, 0.5) is 13.2 Å². The number of alkyl halides is 2. The van der Waals surface area contributed by atoms with Gasteiger partial charge in [-0.05, 0) is 28.1 Å². The molecule has 1 atom stereocenters. The van der Waals surface area contributed by atoms with Crippen molar-refractivity contribution in [2.75, 3.05) is 6.61 Å². The van der Waals surface area contributed by atoms with Crippen molar-refractivity contribution in [3.63, 3.8) is 0 Å². The second kappa shape index (κ2) is 4.60. The molecule has 0 heterocycles. The maximum absolute atomic E-state index is 13.3. The lowest BCUT2D eigenvalue weighted by Crippen LogP contribution is -2.36. The van der Waals surface area contributed by atoms with Gasteiger partial charge in [-0.15, -0.1) is 0 Å². The van der Waals surface area contributed by atoms with Crippen molar-refractivity contribution in [2.24, 2.45) is 5.73 Å². The van der Waals surface area contributed by atoms with Crippen molar-refractivity contribution in [3.8, 4) is 5.75 Å². The molecule has 1 rings (SSSR count). The fourth-order valence-electron chi connectivity index (χ4n) is 1.16. The zero-order chi connectivity index (χ0) is 12.5. The Balaban J connectivity index is 3.28. The Morgan fingerprint density at radius 3 is 2.50 bits per heavy atom. The Hall–Kier alpha value is -0.790. The van der Waals surface area contributed by atoms with Gasteiger partial charge in [-0.2, -0.15) is 0 Å². The van der Waals surface area contributed by atoms with Gasteiger partial charge in [0.05, 0.1) is 10.0 Å². The van der Waals surface area contributed by atoms with Crippen LogP contribution >= 0.6 is 15.9 Å². The van der Waals surface area contributed by atoms with Crippen LogP contribution < -0.4 is 5.73 Å². The zero-order valence-corrected chi connectivity index (χ0v) is 9.51. The lowest BCUT2D eigenvalue weighted by atomic mass is 10.0. The van der Waals surface area contributed by atoms with E-state index in [0.717, 1.165) is 12.1 Å². The lowest BCUT2D eigenvalue weighted by Gasteiger charge is -2.23. The fourth-order valence-corrected chi connectivity index (χ4v) is 1.51. The summed E-state index contributed by atoms with van der Waals surface area (Å²) in [7, 11) is 0. The van der Waals surface area contributed by atoms with Crippen molar-refractivity contribution < 1.29 is 23.4 Å². The van der Waals surface area contributed by atoms with E-state index in [1.165, 1.54) is 0 Å². The summed E-state index contributed by atoms with van der Waals surface area (Å²) in [6.45, 7) is -1.53. The zero-order valence-electron chi connectivity index (χ0n) is 7.92. The summed E-state index contributed by atoms with van der Waals surface area (Å²) in [4.78, 5) is 0. The molecular formula is C9H9BrF3NO2. The molecule has 1 aromatic rings. The average Bonchev–Trinajstić information content (AvgIpc) is 2.24. The van der Waals surface area contributed by atoms with E-state index < -0.39 is 35.7 Å². The second-order valence-corrected chi connectivity index (χ2v) is 4.04. The number of aromatic hydroxyl groups is 1. The predicted octanol–water partition coefficient (Wildman–Crippen LogP) is 1.92. The van der Waals surface area contributed by atoms with Gasteiger partial charge in [-0.1, -0.05) is 0 Å². The predicted molar refractivity (Wildman–Crippen MR) is 54.7 cm³/mol. The molecule has 1 aromatic carbocycles. The highest BCUT2D eigenvalue weighted by Crippen LogP contribution is 2.38. The highest BCUT2D eigenvalue weighted by Gasteiger charge is 2.40. The number of phenolic OH excluding ortho intramolecular Hbond substituents is 1. The van der Waals surface area contributed by atoms with Gasteiger partial charge in [0.1, 0.15) is 24.2 Å². The number of aliphatic hydroxyl groups excluding tert-OH is 1. The van der Waals surface area contributed by atoms with Gasteiger partial charge in [0.25, 0.3) is 5.92 Å². The monoisotopic (exact) mass is 299 g/mol. The van der Waals surface area contributed by atoms with Crippen LogP contribution in [0.2, 0.25) is 0 Å². The number of halogens is 4. The molecule has 0 radical (unpaired) electrons. The van der Waals surface area contributed by atoms with E-state index in [1.807, 2.05) is 0 Å². The summed E-state index contributed by atoms with van der Waals surface area (Å²) in [5, 5.41) is 17.9. The third-order valence-corrected chi connectivity index (χ3v) is 2.73. The number of phenols is 1. The van der Waals surface area contributed by atoms with Gasteiger partial charge < -0.3 is 15.9 Å². The molecule has 0 bridgehead atoms. The fraction of sp³-hybridized carbons (Fsp3) is 0.333. The van der Waals surface area contributed by atoms with E-state index in [-0.39, 0.29) is 4.47 Å². The van der Waals surface area contributed by atoms with E-state index in [0.29, 0.717) is 0 Å². The summed E-state index contributed by atoms with van der Waals surface area (Å²) >= 11 is 2.86. The molecule has 0 aliphatic carbocycles. The maximum atomic E-state index is 13.3. The highest BCUT2D eigenvalue weighted by atomic mass is 79.9. The first-order valence-corrected chi connectivity index (χ1v) is 5.01. The summed E-state index contributed by atoms with van der Waals surface area (Å²) in [5.41, 5.74) is 4.39. The van der Waals surface area contributed by atoms with E-state index in [1.54, 1.807) is 0 Å². The van der Waals surface area contributed by atoms with Crippen LogP contribution in [0.5, 0.6) is 5.75 Å². The number of rotatable bonds is 3. The Labute approximate surface area is 97.8 Å². The van der Waals surface area contributed by atoms with Crippen molar-refractivity contribution in [2.45, 2.75) is 12.0 Å². The van der Waals surface area contributed by atoms with Crippen LogP contribution in [0.1, 0.15) is 11.6 Å². The number of aliphatic hydroxyl groups is 1.